The third-order valence-corrected chi connectivity index (χ3v) is 6.63. The predicted molar refractivity (Wildman–Crippen MR) is 145 cm³/mol. The maximum atomic E-state index is 10.4. The zero-order chi connectivity index (χ0) is 26.0. The van der Waals surface area contributed by atoms with Gasteiger partial charge in [-0.1, -0.05) is 50.4 Å². The molecule has 0 saturated carbocycles. The summed E-state index contributed by atoms with van der Waals surface area (Å²) in [6.45, 7) is 6.44. The van der Waals surface area contributed by atoms with Crippen LogP contribution in [-0.4, -0.2) is 29.6 Å². The van der Waals surface area contributed by atoms with Gasteiger partial charge in [-0.25, -0.2) is 9.97 Å². The van der Waals surface area contributed by atoms with E-state index < -0.39 is 0 Å². The topological polar surface area (TPSA) is 99.1 Å². The van der Waals surface area contributed by atoms with Crippen LogP contribution < -0.4 is 4.74 Å². The Hall–Kier alpha value is -4.29. The fourth-order valence-electron chi connectivity index (χ4n) is 4.76. The van der Waals surface area contributed by atoms with Crippen LogP contribution in [-0.2, 0) is 26.5 Å². The van der Waals surface area contributed by atoms with E-state index in [1.807, 2.05) is 24.3 Å². The quantitative estimate of drug-likeness (QED) is 0.202. The molecule has 39 heavy (non-hydrogen) atoms. The number of para-hydroxylation sites is 1. The molecule has 8 nitrogen and oxygen atoms in total. The van der Waals surface area contributed by atoms with Gasteiger partial charge >= 0.3 is 0 Å². The second kappa shape index (κ2) is 9.17. The minimum atomic E-state index is -0.174. The van der Waals surface area contributed by atoms with Crippen molar-refractivity contribution in [3.63, 3.8) is 0 Å². The Morgan fingerprint density at radius 3 is 2.59 bits per heavy atom. The van der Waals surface area contributed by atoms with Crippen molar-refractivity contribution in [3.05, 3.63) is 84.8 Å². The van der Waals surface area contributed by atoms with E-state index in [0.717, 1.165) is 27.5 Å². The minimum Gasteiger partial charge on any atom is -0.517 e. The zero-order valence-corrected chi connectivity index (χ0v) is 23.5. The second-order valence-electron chi connectivity index (χ2n) is 10.2. The molecule has 0 bridgehead atoms. The summed E-state index contributed by atoms with van der Waals surface area (Å²) in [4.78, 5) is 18.1. The van der Waals surface area contributed by atoms with E-state index in [1.165, 1.54) is 18.5 Å². The van der Waals surface area contributed by atoms with Gasteiger partial charge in [0.15, 0.2) is 5.71 Å². The monoisotopic (exact) mass is 695 g/mol. The molecule has 0 aliphatic carbocycles. The van der Waals surface area contributed by atoms with Gasteiger partial charge in [0.25, 0.3) is 0 Å². The SMILES string of the molecule is CC(C)(C)c1cc(Oc2[c-]c3c(nc2)oc2nccc(O)c23)nc(-n2c3ccccc3c3cccnc32)c1.[Pt]. The van der Waals surface area contributed by atoms with Crippen molar-refractivity contribution in [2.45, 2.75) is 26.2 Å². The molecule has 6 aromatic heterocycles. The van der Waals surface area contributed by atoms with Crippen molar-refractivity contribution in [2.75, 3.05) is 0 Å². The van der Waals surface area contributed by atoms with E-state index in [0.29, 0.717) is 33.9 Å². The zero-order valence-electron chi connectivity index (χ0n) is 21.2. The summed E-state index contributed by atoms with van der Waals surface area (Å²) < 4.78 is 14.0. The van der Waals surface area contributed by atoms with Crippen molar-refractivity contribution in [1.82, 2.24) is 24.5 Å². The molecule has 0 aliphatic rings. The number of ether oxygens (including phenoxy) is 1. The first-order valence-corrected chi connectivity index (χ1v) is 12.2. The first kappa shape index (κ1) is 25.0. The van der Waals surface area contributed by atoms with E-state index in [1.54, 1.807) is 6.20 Å². The minimum absolute atomic E-state index is 0. The van der Waals surface area contributed by atoms with Crippen LogP contribution in [0.2, 0.25) is 0 Å². The summed E-state index contributed by atoms with van der Waals surface area (Å²) in [5.74, 6) is 1.47. The molecule has 7 aromatic rings. The van der Waals surface area contributed by atoms with Crippen molar-refractivity contribution in [1.29, 1.82) is 0 Å². The molecule has 1 aromatic carbocycles. The maximum absolute atomic E-state index is 10.4. The van der Waals surface area contributed by atoms with Gasteiger partial charge in [0, 0.05) is 55.7 Å². The van der Waals surface area contributed by atoms with Crippen LogP contribution in [0.1, 0.15) is 26.3 Å². The molecule has 0 aliphatic heterocycles. The Morgan fingerprint density at radius 2 is 1.74 bits per heavy atom. The van der Waals surface area contributed by atoms with Gasteiger partial charge in [-0.05, 0) is 47.5 Å². The predicted octanol–water partition coefficient (Wildman–Crippen LogP) is 6.86. The van der Waals surface area contributed by atoms with Gasteiger partial charge in [-0.3, -0.25) is 4.57 Å². The molecule has 9 heteroatoms. The Balaban J connectivity index is 0.00000277. The molecule has 6 heterocycles. The molecule has 0 spiro atoms. The third kappa shape index (κ3) is 4.12. The number of fused-ring (bicyclic) bond motifs is 6. The summed E-state index contributed by atoms with van der Waals surface area (Å²) >= 11 is 0. The molecule has 0 radical (unpaired) electrons. The van der Waals surface area contributed by atoms with Gasteiger partial charge < -0.3 is 19.2 Å². The number of hydrogen-bond donors (Lipinski definition) is 1. The Labute approximate surface area is 237 Å². The number of nitrogens with zero attached hydrogens (tertiary/aromatic N) is 5. The van der Waals surface area contributed by atoms with E-state index in [4.69, 9.17) is 19.1 Å². The van der Waals surface area contributed by atoms with Gasteiger partial charge in [0.2, 0.25) is 5.88 Å². The number of hydrogen-bond acceptors (Lipinski definition) is 7. The molecule has 0 unspecified atom stereocenters. The normalized spacial score (nSPS) is 11.9. The van der Waals surface area contributed by atoms with E-state index in [-0.39, 0.29) is 37.9 Å². The van der Waals surface area contributed by atoms with Crippen LogP contribution in [0.4, 0.5) is 0 Å². The Kier molecular flexibility index (Phi) is 5.88. The van der Waals surface area contributed by atoms with Crippen LogP contribution in [0.5, 0.6) is 17.4 Å². The molecular formula is C30H22N5O3Pt-. The van der Waals surface area contributed by atoms with E-state index in [2.05, 4.69) is 65.6 Å². The number of pyridine rings is 4. The van der Waals surface area contributed by atoms with Gasteiger partial charge in [-0.2, -0.15) is 4.98 Å². The third-order valence-electron chi connectivity index (χ3n) is 6.63. The average molecular weight is 696 g/mol. The molecule has 0 atom stereocenters. The van der Waals surface area contributed by atoms with Crippen molar-refractivity contribution >= 4 is 44.1 Å². The van der Waals surface area contributed by atoms with Crippen molar-refractivity contribution < 1.29 is 35.3 Å². The van der Waals surface area contributed by atoms with Crippen LogP contribution in [0, 0.1) is 6.07 Å². The summed E-state index contributed by atoms with van der Waals surface area (Å²) in [6, 6.07) is 20.9. The van der Waals surface area contributed by atoms with E-state index in [9.17, 15) is 5.11 Å². The molecular weight excluding hydrogens is 673 g/mol. The number of furan rings is 1. The van der Waals surface area contributed by atoms with Crippen molar-refractivity contribution in [3.8, 4) is 23.2 Å². The van der Waals surface area contributed by atoms with E-state index >= 15 is 0 Å². The first-order chi connectivity index (χ1) is 18.4. The van der Waals surface area contributed by atoms with Gasteiger partial charge in [0.05, 0.1) is 17.0 Å². The largest absolute Gasteiger partial charge is 0.517 e. The number of aromatic nitrogens is 5. The number of benzene rings is 1. The summed E-state index contributed by atoms with van der Waals surface area (Å²) in [5.41, 5.74) is 3.30. The molecule has 196 valence electrons. The Bertz CT molecular complexity index is 1970. The summed E-state index contributed by atoms with van der Waals surface area (Å²) in [6.07, 6.45) is 4.79. The van der Waals surface area contributed by atoms with Crippen LogP contribution in [0.15, 0.2) is 77.6 Å². The molecule has 1 N–H and O–H groups in total. The second-order valence-corrected chi connectivity index (χ2v) is 10.2. The van der Waals surface area contributed by atoms with Crippen LogP contribution in [0.25, 0.3) is 50.0 Å². The fraction of sp³-hybridized carbons (Fsp3) is 0.133. The maximum Gasteiger partial charge on any atom is 0.219 e. The molecule has 0 fully saturated rings. The summed E-state index contributed by atoms with van der Waals surface area (Å²) in [5, 5.41) is 13.5. The standard InChI is InChI=1S/C30H22N5O3.Pt/c1-30(2,3)17-13-24(35-22-9-5-4-7-19(22)20-8-6-11-31-27(20)35)34-25(14-17)37-18-15-21-26-23(36)10-12-32-29(26)38-28(21)33-16-18;/h4-14,16H,1-3H3,(H,32,36);/q-1;. The Morgan fingerprint density at radius 1 is 0.923 bits per heavy atom. The average Bonchev–Trinajstić information content (AvgIpc) is 3.44. The fourth-order valence-corrected chi connectivity index (χ4v) is 4.76. The van der Waals surface area contributed by atoms with Crippen LogP contribution in [0.3, 0.4) is 0 Å². The summed E-state index contributed by atoms with van der Waals surface area (Å²) in [7, 11) is 0. The molecule has 0 amide bonds. The molecule has 0 saturated heterocycles. The van der Waals surface area contributed by atoms with Crippen LogP contribution >= 0.6 is 0 Å². The van der Waals surface area contributed by atoms with Crippen molar-refractivity contribution in [2.24, 2.45) is 0 Å². The number of aromatic hydroxyl groups is 1. The van der Waals surface area contributed by atoms with Gasteiger partial charge in [-0.15, -0.1) is 0 Å². The van der Waals surface area contributed by atoms with Gasteiger partial charge in [0.1, 0.15) is 17.2 Å². The molecule has 7 rings (SSSR count). The first-order valence-electron chi connectivity index (χ1n) is 12.2. The smallest absolute Gasteiger partial charge is 0.219 e. The number of rotatable bonds is 3.